The van der Waals surface area contributed by atoms with Crippen LogP contribution in [0.1, 0.15) is 55.3 Å². The molecule has 2 aliphatic rings. The fourth-order valence-corrected chi connectivity index (χ4v) is 4.66. The van der Waals surface area contributed by atoms with Gasteiger partial charge < -0.3 is 14.7 Å². The van der Waals surface area contributed by atoms with Gasteiger partial charge in [0.1, 0.15) is 11.5 Å². The van der Waals surface area contributed by atoms with Crippen molar-refractivity contribution in [3.05, 3.63) is 70.8 Å². The van der Waals surface area contributed by atoms with Crippen LogP contribution < -0.4 is 4.74 Å². The summed E-state index contributed by atoms with van der Waals surface area (Å²) in [5, 5.41) is 11.2. The van der Waals surface area contributed by atoms with Gasteiger partial charge >= 0.3 is 0 Å². The van der Waals surface area contributed by atoms with Gasteiger partial charge in [-0.1, -0.05) is 62.2 Å². The lowest BCUT2D eigenvalue weighted by Gasteiger charge is -2.31. The van der Waals surface area contributed by atoms with Crippen LogP contribution in [0.5, 0.6) is 5.75 Å². The normalized spacial score (nSPS) is 21.4. The van der Waals surface area contributed by atoms with E-state index in [4.69, 9.17) is 4.74 Å². The van der Waals surface area contributed by atoms with E-state index in [2.05, 4.69) is 6.92 Å². The molecule has 1 saturated carbocycles. The summed E-state index contributed by atoms with van der Waals surface area (Å²) in [4.78, 5) is 27.9. The number of aliphatic hydroxyl groups is 1. The van der Waals surface area contributed by atoms with Gasteiger partial charge in [0.25, 0.3) is 11.7 Å². The number of aryl methyl sites for hydroxylation is 1. The molecule has 1 N–H and O–H groups in total. The quantitative estimate of drug-likeness (QED) is 0.448. The molecule has 1 saturated heterocycles. The minimum atomic E-state index is -0.657. The maximum atomic E-state index is 13.1. The molecule has 156 valence electrons. The third kappa shape index (κ3) is 3.38. The number of rotatable bonds is 5. The predicted molar refractivity (Wildman–Crippen MR) is 115 cm³/mol. The van der Waals surface area contributed by atoms with Gasteiger partial charge in [-0.2, -0.15) is 0 Å². The van der Waals surface area contributed by atoms with Gasteiger partial charge in [0.15, 0.2) is 0 Å². The van der Waals surface area contributed by atoms with Crippen molar-refractivity contribution in [3.63, 3.8) is 0 Å². The Morgan fingerprint density at radius 1 is 1.07 bits per heavy atom. The zero-order valence-corrected chi connectivity index (χ0v) is 17.4. The van der Waals surface area contributed by atoms with Crippen molar-refractivity contribution in [2.75, 3.05) is 7.11 Å². The van der Waals surface area contributed by atoms with Crippen LogP contribution in [0.4, 0.5) is 0 Å². The SMILES string of the molecule is CCc1ccc(/C(O)=C2/C(=O)C(=O)N(C3CCCC3)C2c2ccccc2OC)cc1. The minimum absolute atomic E-state index is 0.0101. The number of ether oxygens (including phenoxy) is 1. The van der Waals surface area contributed by atoms with Crippen LogP contribution in [0.15, 0.2) is 54.1 Å². The Morgan fingerprint density at radius 2 is 1.73 bits per heavy atom. The maximum absolute atomic E-state index is 13.1. The number of aliphatic hydroxyl groups excluding tert-OH is 1. The molecule has 0 bridgehead atoms. The molecule has 0 radical (unpaired) electrons. The Hall–Kier alpha value is -3.08. The molecule has 2 aromatic carbocycles. The topological polar surface area (TPSA) is 66.8 Å². The van der Waals surface area contributed by atoms with E-state index < -0.39 is 17.7 Å². The average Bonchev–Trinajstić information content (AvgIpc) is 3.40. The molecule has 5 heteroatoms. The molecule has 5 nitrogen and oxygen atoms in total. The van der Waals surface area contributed by atoms with Crippen molar-refractivity contribution in [1.82, 2.24) is 4.90 Å². The molecule has 4 rings (SSSR count). The molecule has 0 spiro atoms. The first-order valence-electron chi connectivity index (χ1n) is 10.6. The van der Waals surface area contributed by atoms with E-state index in [9.17, 15) is 14.7 Å². The molecule has 2 aromatic rings. The number of likely N-dealkylation sites (tertiary alicyclic amines) is 1. The van der Waals surface area contributed by atoms with Crippen molar-refractivity contribution in [2.24, 2.45) is 0 Å². The number of ketones is 1. The second-order valence-corrected chi connectivity index (χ2v) is 7.94. The number of para-hydroxylation sites is 1. The van der Waals surface area contributed by atoms with Gasteiger partial charge in [0.05, 0.1) is 18.7 Å². The number of Topliss-reactive ketones (excluding diaryl/α,β-unsaturated/α-hetero) is 1. The third-order valence-corrected chi connectivity index (χ3v) is 6.27. The van der Waals surface area contributed by atoms with Gasteiger partial charge in [-0.15, -0.1) is 0 Å². The molecule has 1 aliphatic heterocycles. The summed E-state index contributed by atoms with van der Waals surface area (Å²) in [6.07, 6.45) is 4.68. The fraction of sp³-hybridized carbons (Fsp3) is 0.360. The summed E-state index contributed by atoms with van der Waals surface area (Å²) >= 11 is 0. The van der Waals surface area contributed by atoms with Crippen LogP contribution in [-0.2, 0) is 16.0 Å². The number of hydrogen-bond acceptors (Lipinski definition) is 4. The van der Waals surface area contributed by atoms with Gasteiger partial charge in [-0.3, -0.25) is 9.59 Å². The summed E-state index contributed by atoms with van der Waals surface area (Å²) in [5.74, 6) is -0.702. The number of hydrogen-bond donors (Lipinski definition) is 1. The molecule has 2 fully saturated rings. The Balaban J connectivity index is 1.89. The number of amides is 1. The summed E-state index contributed by atoms with van der Waals surface area (Å²) in [6, 6.07) is 14.2. The number of benzene rings is 2. The Bertz CT molecular complexity index is 986. The van der Waals surface area contributed by atoms with Crippen molar-refractivity contribution in [1.29, 1.82) is 0 Å². The monoisotopic (exact) mass is 405 g/mol. The van der Waals surface area contributed by atoms with Crippen LogP contribution in [-0.4, -0.2) is 34.8 Å². The van der Waals surface area contributed by atoms with Gasteiger partial charge in [0, 0.05) is 17.2 Å². The van der Waals surface area contributed by atoms with Crippen LogP contribution in [0.2, 0.25) is 0 Å². The lowest BCUT2D eigenvalue weighted by atomic mass is 9.93. The largest absolute Gasteiger partial charge is 0.507 e. The third-order valence-electron chi connectivity index (χ3n) is 6.27. The Labute approximate surface area is 177 Å². The minimum Gasteiger partial charge on any atom is -0.507 e. The zero-order chi connectivity index (χ0) is 21.3. The highest BCUT2D eigenvalue weighted by atomic mass is 16.5. The van der Waals surface area contributed by atoms with E-state index in [1.807, 2.05) is 36.4 Å². The van der Waals surface area contributed by atoms with Gasteiger partial charge in [-0.25, -0.2) is 0 Å². The average molecular weight is 405 g/mol. The van der Waals surface area contributed by atoms with E-state index in [0.29, 0.717) is 11.3 Å². The molecule has 30 heavy (non-hydrogen) atoms. The first kappa shape index (κ1) is 20.2. The number of nitrogens with zero attached hydrogens (tertiary/aromatic N) is 1. The lowest BCUT2D eigenvalue weighted by Crippen LogP contribution is -2.37. The van der Waals surface area contributed by atoms with Crippen LogP contribution in [0.3, 0.4) is 0 Å². The number of carbonyl (C=O) groups is 2. The van der Waals surface area contributed by atoms with E-state index in [0.717, 1.165) is 43.2 Å². The summed E-state index contributed by atoms with van der Waals surface area (Å²) in [7, 11) is 1.57. The molecule has 0 aromatic heterocycles. The molecule has 1 amide bonds. The fourth-order valence-electron chi connectivity index (χ4n) is 4.66. The van der Waals surface area contributed by atoms with Crippen LogP contribution in [0, 0.1) is 0 Å². The molecule has 1 heterocycles. The van der Waals surface area contributed by atoms with Crippen LogP contribution >= 0.6 is 0 Å². The highest BCUT2D eigenvalue weighted by Gasteiger charge is 2.49. The Kier molecular flexibility index (Phi) is 5.62. The van der Waals surface area contributed by atoms with Crippen molar-refractivity contribution < 1.29 is 19.4 Å². The van der Waals surface area contributed by atoms with Crippen molar-refractivity contribution >= 4 is 17.4 Å². The molecule has 1 aliphatic carbocycles. The van der Waals surface area contributed by atoms with E-state index >= 15 is 0 Å². The highest BCUT2D eigenvalue weighted by Crippen LogP contribution is 2.45. The lowest BCUT2D eigenvalue weighted by molar-refractivity contribution is -0.141. The van der Waals surface area contributed by atoms with Gasteiger partial charge in [-0.05, 0) is 30.9 Å². The Morgan fingerprint density at radius 3 is 2.37 bits per heavy atom. The zero-order valence-electron chi connectivity index (χ0n) is 17.4. The summed E-state index contributed by atoms with van der Waals surface area (Å²) < 4.78 is 5.55. The first-order valence-corrected chi connectivity index (χ1v) is 10.6. The predicted octanol–water partition coefficient (Wildman–Crippen LogP) is 4.62. The van der Waals surface area contributed by atoms with Crippen molar-refractivity contribution in [2.45, 2.75) is 51.1 Å². The van der Waals surface area contributed by atoms with E-state index in [-0.39, 0.29) is 17.4 Å². The highest BCUT2D eigenvalue weighted by molar-refractivity contribution is 6.46. The summed E-state index contributed by atoms with van der Waals surface area (Å²) in [5.41, 5.74) is 2.54. The van der Waals surface area contributed by atoms with Gasteiger partial charge in [0.2, 0.25) is 0 Å². The smallest absolute Gasteiger partial charge is 0.295 e. The second kappa shape index (κ2) is 8.34. The first-order chi connectivity index (χ1) is 14.6. The maximum Gasteiger partial charge on any atom is 0.295 e. The van der Waals surface area contributed by atoms with E-state index in [1.165, 1.54) is 0 Å². The standard InChI is InChI=1S/C25H27NO4/c1-3-16-12-14-17(15-13-16)23(27)21-22(19-10-6-7-11-20(19)30-2)26(25(29)24(21)28)18-8-4-5-9-18/h6-7,10-15,18,22,27H,3-5,8-9H2,1-2H3/b23-21-. The number of carbonyl (C=O) groups excluding carboxylic acids is 2. The molecule has 1 unspecified atom stereocenters. The second-order valence-electron chi connectivity index (χ2n) is 7.94. The molecular weight excluding hydrogens is 378 g/mol. The van der Waals surface area contributed by atoms with E-state index in [1.54, 1.807) is 24.1 Å². The molecule has 1 atom stereocenters. The van der Waals surface area contributed by atoms with Crippen LogP contribution in [0.25, 0.3) is 5.76 Å². The number of methoxy groups -OCH3 is 1. The van der Waals surface area contributed by atoms with Crippen molar-refractivity contribution in [3.8, 4) is 5.75 Å². The summed E-state index contributed by atoms with van der Waals surface area (Å²) in [6.45, 7) is 2.06. The molecular formula is C25H27NO4.